The van der Waals surface area contributed by atoms with Gasteiger partial charge in [-0.25, -0.2) is 37.0 Å². The highest BCUT2D eigenvalue weighted by atomic mass is 35.5. The van der Waals surface area contributed by atoms with Gasteiger partial charge in [0, 0.05) is 78.0 Å². The predicted octanol–water partition coefficient (Wildman–Crippen LogP) is 10.6. The molecule has 36 heteroatoms. The van der Waals surface area contributed by atoms with Crippen LogP contribution in [0.4, 0.5) is 28.0 Å². The molecular formula is C95H114Cl2F4N6O23S. The van der Waals surface area contributed by atoms with Gasteiger partial charge in [-0.15, -0.1) is 23.2 Å². The molecular weight excluding hydrogens is 1770 g/mol. The van der Waals surface area contributed by atoms with Gasteiger partial charge in [0.15, 0.2) is 40.4 Å². The number of nitrogens with zero attached hydrogens (tertiary/aromatic N) is 3. The number of rotatable bonds is 21. The summed E-state index contributed by atoms with van der Waals surface area (Å²) >= 11 is 11.5. The smallest absolute Gasteiger partial charge is 0.435 e. The zero-order valence-corrected chi connectivity index (χ0v) is 76.9. The highest BCUT2D eigenvalue weighted by Gasteiger charge is 2.79. The minimum absolute atomic E-state index is 0.0637. The highest BCUT2D eigenvalue weighted by molar-refractivity contribution is 7.89. The fourth-order valence-electron chi connectivity index (χ4n) is 21.0. The van der Waals surface area contributed by atoms with E-state index in [2.05, 4.69) is 15.3 Å². The van der Waals surface area contributed by atoms with Crippen molar-refractivity contribution in [2.45, 2.75) is 222 Å². The van der Waals surface area contributed by atoms with Crippen molar-refractivity contribution in [3.8, 4) is 16.9 Å². The zero-order chi connectivity index (χ0) is 96.8. The summed E-state index contributed by atoms with van der Waals surface area (Å²) in [4.78, 5) is 106. The molecule has 8 aliphatic rings. The molecule has 20 atom stereocenters. The van der Waals surface area contributed by atoms with Crippen molar-refractivity contribution in [3.05, 3.63) is 202 Å². The number of nitrogens with two attached hydrogens (primary N) is 2. The molecule has 0 spiro atoms. The number of aryl methyl sites for hydroxylation is 1. The highest BCUT2D eigenvalue weighted by Crippen LogP contribution is 2.71. The molecule has 0 radical (unpaired) electrons. The molecule has 29 nitrogen and oxygen atoms in total. The van der Waals surface area contributed by atoms with Crippen LogP contribution in [-0.4, -0.2) is 221 Å². The summed E-state index contributed by atoms with van der Waals surface area (Å²) in [6.07, 6.45) is -11.3. The molecule has 6 fully saturated rings. The van der Waals surface area contributed by atoms with E-state index in [0.29, 0.717) is 54.1 Å². The van der Waals surface area contributed by atoms with Crippen molar-refractivity contribution in [1.82, 2.24) is 15.1 Å². The molecule has 6 aromatic rings. The van der Waals surface area contributed by atoms with Gasteiger partial charge in [-0.1, -0.05) is 130 Å². The van der Waals surface area contributed by atoms with Gasteiger partial charge in [-0.2, -0.15) is 18.3 Å². The number of ketones is 3. The molecule has 1 amide bonds. The molecule has 13 N–H and O–H groups in total. The number of carboxylic acid groups (broad SMARTS) is 1. The molecule has 1 aliphatic heterocycles. The van der Waals surface area contributed by atoms with Crippen LogP contribution in [-0.2, 0) is 75.1 Å². The summed E-state index contributed by atoms with van der Waals surface area (Å²) in [5.41, 5.74) is -4.89. The number of allylic oxidation sites excluding steroid dienone is 4. The zero-order valence-electron chi connectivity index (χ0n) is 74.6. The summed E-state index contributed by atoms with van der Waals surface area (Å²) in [7, 11) is -3.90. The maximum atomic E-state index is 16.9. The number of amides is 1. The Hall–Kier alpha value is -9.66. The Kier molecular flexibility index (Phi) is 30.1. The molecule has 1 saturated heterocycles. The van der Waals surface area contributed by atoms with Crippen LogP contribution in [0.25, 0.3) is 16.9 Å². The number of fused-ring (bicyclic) bond motifs is 10. The molecule has 2 heterocycles. The number of carbonyl (C=O) groups excluding carboxylic acids is 7. The Balaban J connectivity index is 0.000000188. The minimum atomic E-state index is -4.61. The number of nitrogens with one attached hydrogen (secondary N) is 1. The average molecular weight is 1890 g/mol. The Morgan fingerprint density at radius 1 is 0.809 bits per heavy atom. The Bertz CT molecular complexity index is 5470. The summed E-state index contributed by atoms with van der Waals surface area (Å²) in [5.74, 6) is -7.41. The second-order valence-corrected chi connectivity index (χ2v) is 39.5. The van der Waals surface area contributed by atoms with E-state index in [0.717, 1.165) is 47.6 Å². The lowest BCUT2D eigenvalue weighted by molar-refractivity contribution is -0.346. The molecule has 2 bridgehead atoms. The number of carboxylic acids is 1. The maximum absolute atomic E-state index is 16.9. The van der Waals surface area contributed by atoms with Gasteiger partial charge in [0.25, 0.3) is 0 Å². The number of alkyl halides is 6. The van der Waals surface area contributed by atoms with Crippen molar-refractivity contribution in [2.75, 3.05) is 43.0 Å². The molecule has 710 valence electrons. The number of aromatic nitrogens is 2. The third-order valence-electron chi connectivity index (χ3n) is 27.9. The fourth-order valence-corrected chi connectivity index (χ4v) is 21.9. The number of esters is 3. The van der Waals surface area contributed by atoms with Crippen LogP contribution in [0.2, 0.25) is 0 Å². The molecule has 131 heavy (non-hydrogen) atoms. The summed E-state index contributed by atoms with van der Waals surface area (Å²) in [6, 6.07) is 34.4. The number of Topliss-reactive ketones (excluding diaryl/α,β-unsaturated/α-hetero) is 2. The van der Waals surface area contributed by atoms with Gasteiger partial charge >= 0.3 is 36.1 Å². The SMILES string of the molecule is CC(=O)O[C@@]12CO[C@@H]1C[C@H](O)[C@@]1(C)C(=O)[C@H](O)C3=C(C)[C@@H](OC(=O)[C@H](O)[C@@H](NC(=O)OC(C)(C)C)c4ccccc4)C[C@@](O)([C@@H](OC(=O)c4ccccc4)[C@H]21)C3(C)C.C[C@@H]1C[C@H]2[C@@H]3CCC4=CC(=O)C=C[C@]4(C)[C@@]3(F)[C@@H](O)C[C@]2(C)[C@@]1(O)C(=O)CO.Cc1ccc(-c2cc(C(F)(F)F)nn2-c2ccc(S(N)(=O)=O)cc2)cc1.NC(Cc1ccc(N(CCCl)CCCl)cc1)C(=O)O. The molecule has 5 aromatic carbocycles. The van der Waals surface area contributed by atoms with Crippen molar-refractivity contribution >= 4 is 86.2 Å². The first-order chi connectivity index (χ1) is 61.1. The van der Waals surface area contributed by atoms with E-state index >= 15 is 4.39 Å². The molecule has 1 unspecified atom stereocenters. The third kappa shape index (κ3) is 19.5. The van der Waals surface area contributed by atoms with E-state index in [1.54, 1.807) is 134 Å². The van der Waals surface area contributed by atoms with Gasteiger partial charge in [-0.05, 0) is 181 Å². The first kappa shape index (κ1) is 102. The number of primary sulfonamides is 1. The number of aliphatic hydroxyl groups is 7. The lowest BCUT2D eigenvalue weighted by atomic mass is 9.44. The number of carbonyl (C=O) groups is 8. The van der Waals surface area contributed by atoms with Gasteiger partial charge < -0.3 is 80.5 Å². The van der Waals surface area contributed by atoms with E-state index in [-0.39, 0.29) is 64.1 Å². The van der Waals surface area contributed by atoms with Crippen LogP contribution >= 0.6 is 23.2 Å². The lowest BCUT2D eigenvalue weighted by Gasteiger charge is -2.67. The number of benzene rings is 5. The monoisotopic (exact) mass is 1880 g/mol. The van der Waals surface area contributed by atoms with Crippen molar-refractivity contribution < 1.29 is 129 Å². The maximum Gasteiger partial charge on any atom is 0.435 e. The average Bonchev–Trinajstić information content (AvgIpc) is 1.58. The van der Waals surface area contributed by atoms with Crippen LogP contribution in [0.5, 0.6) is 0 Å². The van der Waals surface area contributed by atoms with Crippen LogP contribution in [0.15, 0.2) is 179 Å². The fraction of sp³-hybridized carbons (Fsp3) is 0.505. The number of aliphatic carboxylic acids is 1. The number of halogens is 6. The summed E-state index contributed by atoms with van der Waals surface area (Å²) in [6.45, 7) is 19.6. The van der Waals surface area contributed by atoms with E-state index in [9.17, 15) is 95.7 Å². The van der Waals surface area contributed by atoms with Crippen LogP contribution in [0.3, 0.4) is 0 Å². The number of sulfonamides is 1. The number of aliphatic hydroxyl groups excluding tert-OH is 5. The van der Waals surface area contributed by atoms with E-state index in [1.165, 1.54) is 62.4 Å². The van der Waals surface area contributed by atoms with Gasteiger partial charge in [0.1, 0.15) is 53.9 Å². The number of alkyl carbamates (subject to hydrolysis) is 1. The summed E-state index contributed by atoms with van der Waals surface area (Å²) < 4.78 is 110. The topological polar surface area (TPSA) is 464 Å². The van der Waals surface area contributed by atoms with Crippen LogP contribution < -0.4 is 21.1 Å². The largest absolute Gasteiger partial charge is 0.480 e. The third-order valence-corrected chi connectivity index (χ3v) is 29.2. The lowest BCUT2D eigenvalue weighted by Crippen LogP contribution is -2.81. The minimum Gasteiger partial charge on any atom is -0.480 e. The van der Waals surface area contributed by atoms with Crippen LogP contribution in [0.1, 0.15) is 153 Å². The van der Waals surface area contributed by atoms with Crippen molar-refractivity contribution in [2.24, 2.45) is 56.2 Å². The molecule has 1 aromatic heterocycles. The van der Waals surface area contributed by atoms with E-state index < -0.39 is 199 Å². The molecule has 7 aliphatic carbocycles. The van der Waals surface area contributed by atoms with E-state index in [1.807, 2.05) is 31.2 Å². The molecule has 14 rings (SSSR count). The first-order valence-corrected chi connectivity index (χ1v) is 45.5. The molecule has 5 saturated carbocycles. The van der Waals surface area contributed by atoms with Crippen LogP contribution in [0, 0.1) is 52.3 Å². The Morgan fingerprint density at radius 2 is 1.41 bits per heavy atom. The number of anilines is 1. The second-order valence-electron chi connectivity index (χ2n) is 37.2. The van der Waals surface area contributed by atoms with Gasteiger partial charge in [0.05, 0.1) is 58.0 Å². The predicted molar refractivity (Wildman–Crippen MR) is 473 cm³/mol. The first-order valence-electron chi connectivity index (χ1n) is 42.9. The Labute approximate surface area is 766 Å². The second kappa shape index (κ2) is 38.7. The quantitative estimate of drug-likeness (QED) is 0.0105. The van der Waals surface area contributed by atoms with Crippen molar-refractivity contribution in [1.29, 1.82) is 0 Å². The van der Waals surface area contributed by atoms with E-state index in [4.69, 9.17) is 62.9 Å². The van der Waals surface area contributed by atoms with Crippen molar-refractivity contribution in [3.63, 3.8) is 0 Å². The Morgan fingerprint density at radius 3 is 1.95 bits per heavy atom. The summed E-state index contributed by atoms with van der Waals surface area (Å²) in [5, 5.41) is 101. The number of hydrogen-bond acceptors (Lipinski definition) is 25. The normalized spacial score (nSPS) is 30.4. The van der Waals surface area contributed by atoms with Gasteiger partial charge in [-0.3, -0.25) is 24.0 Å². The number of ether oxygens (including phenoxy) is 5. The standard InChI is InChI=1S/C43H53NO14.C22H29FO5.C17H14F3N3O2S.C13H18Cl2N2O2/c1-22-26(55-37(51)32(48)30(24-15-11-9-12-16-24)44-38(52)58-39(3,4)5)20-43(53)35(56-36(50)25-17-13-10-14-18-25)33-41(8,34(49)31(47)29(22)40(43,6)7)27(46)19-28-42(33,21-54-28)57-23(2)45;1-12-8-16-15-5-4-13-9-14(25)6-7-19(13,2)21(15,23)17(26)10-20(16,3)22(12,28)18(27)11-24;1-11-2-4-12(5-3-11)15-10-16(17(18,19)20)22-23(15)13-6-8-14(9-7-13)26(21,24)25;14-5-7-17(8-6-15)11-3-1-10(2-4-11)9-12(16)13(18)19/h9-18,26-28,30-33,35,46-48,53H,19-21H2,1-8H3,(H,44,52);6-7,9,12,15-17,24,26,28H,4-5,8,10-11H2,1-3H3;2-10H,1H3,(H2,21,24,25);1-4,12H,5-9,16H2,(H,18,19)/t26-,27-,28+,30-,31+,32+,33-,35-,41+,42-,43+;12-,15+,16+,17+,19+,20+,21+,22+;;/m01../s1. The van der Waals surface area contributed by atoms with Gasteiger partial charge in [0.2, 0.25) is 10.0 Å². The number of hydrogen-bond donors (Lipinski definition) is 11.